The fraction of sp³-hybridized carbons (Fsp3) is 0.318. The highest BCUT2D eigenvalue weighted by Crippen LogP contribution is 2.27. The van der Waals surface area contributed by atoms with Crippen molar-refractivity contribution < 1.29 is 4.79 Å². The van der Waals surface area contributed by atoms with Gasteiger partial charge < -0.3 is 4.90 Å². The van der Waals surface area contributed by atoms with E-state index in [4.69, 9.17) is 16.6 Å². The molecule has 146 valence electrons. The van der Waals surface area contributed by atoms with Crippen LogP contribution in [0.15, 0.2) is 53.3 Å². The van der Waals surface area contributed by atoms with Crippen LogP contribution in [0.1, 0.15) is 45.5 Å². The van der Waals surface area contributed by atoms with Gasteiger partial charge in [0.1, 0.15) is 5.82 Å². The van der Waals surface area contributed by atoms with Crippen LogP contribution in [-0.2, 0) is 4.79 Å². The standard InChI is InChI=1S/C22H24ClN3O2/c1-4-19(25(6-3)20(27)5-2)21-24-18-13-8-7-12-17(18)22(28)26(21)16-11-9-10-15(23)14-16/h7-14,19H,4-6H2,1-3H3. The number of para-hydroxylation sites is 1. The van der Waals surface area contributed by atoms with Crippen molar-refractivity contribution in [3.8, 4) is 5.69 Å². The topological polar surface area (TPSA) is 55.2 Å². The average molecular weight is 398 g/mol. The van der Waals surface area contributed by atoms with E-state index < -0.39 is 0 Å². The summed E-state index contributed by atoms with van der Waals surface area (Å²) in [7, 11) is 0. The van der Waals surface area contributed by atoms with Crippen molar-refractivity contribution in [1.82, 2.24) is 14.5 Å². The highest BCUT2D eigenvalue weighted by atomic mass is 35.5. The number of aromatic nitrogens is 2. The van der Waals surface area contributed by atoms with E-state index >= 15 is 0 Å². The molecule has 0 aliphatic rings. The van der Waals surface area contributed by atoms with E-state index in [1.165, 1.54) is 0 Å². The van der Waals surface area contributed by atoms with Gasteiger partial charge in [0.15, 0.2) is 0 Å². The Morgan fingerprint density at radius 2 is 1.89 bits per heavy atom. The number of hydrogen-bond acceptors (Lipinski definition) is 3. The molecule has 1 atom stereocenters. The maximum atomic E-state index is 13.4. The van der Waals surface area contributed by atoms with Crippen molar-refractivity contribution in [2.24, 2.45) is 0 Å². The summed E-state index contributed by atoms with van der Waals surface area (Å²) in [5.41, 5.74) is 1.10. The number of nitrogens with zero attached hydrogens (tertiary/aromatic N) is 3. The lowest BCUT2D eigenvalue weighted by Gasteiger charge is -2.31. The maximum Gasteiger partial charge on any atom is 0.266 e. The lowest BCUT2D eigenvalue weighted by atomic mass is 10.1. The molecule has 0 aliphatic carbocycles. The van der Waals surface area contributed by atoms with Crippen LogP contribution in [-0.4, -0.2) is 26.9 Å². The van der Waals surface area contributed by atoms with E-state index in [0.717, 1.165) is 0 Å². The average Bonchev–Trinajstić information content (AvgIpc) is 2.71. The summed E-state index contributed by atoms with van der Waals surface area (Å²) in [5, 5.41) is 1.07. The molecule has 3 rings (SSSR count). The van der Waals surface area contributed by atoms with Gasteiger partial charge in [0, 0.05) is 18.0 Å². The van der Waals surface area contributed by atoms with Gasteiger partial charge in [0.25, 0.3) is 5.56 Å². The first-order valence-electron chi connectivity index (χ1n) is 9.58. The first-order chi connectivity index (χ1) is 13.5. The van der Waals surface area contributed by atoms with Gasteiger partial charge >= 0.3 is 0 Å². The first kappa shape index (κ1) is 20.1. The third-order valence-electron chi connectivity index (χ3n) is 4.89. The highest BCUT2D eigenvalue weighted by Gasteiger charge is 2.27. The third kappa shape index (κ3) is 3.67. The lowest BCUT2D eigenvalue weighted by Crippen LogP contribution is -2.38. The van der Waals surface area contributed by atoms with Crippen LogP contribution in [0.2, 0.25) is 5.02 Å². The Kier molecular flexibility index (Phi) is 6.15. The molecule has 1 unspecified atom stereocenters. The Hall–Kier alpha value is -2.66. The summed E-state index contributed by atoms with van der Waals surface area (Å²) in [6, 6.07) is 14.1. The first-order valence-corrected chi connectivity index (χ1v) is 9.96. The summed E-state index contributed by atoms with van der Waals surface area (Å²) in [6.07, 6.45) is 1.05. The van der Waals surface area contributed by atoms with Gasteiger partial charge in [-0.3, -0.25) is 14.2 Å². The number of hydrogen-bond donors (Lipinski definition) is 0. The summed E-state index contributed by atoms with van der Waals surface area (Å²) >= 11 is 6.19. The molecule has 5 nitrogen and oxygen atoms in total. The molecule has 0 radical (unpaired) electrons. The number of fused-ring (bicyclic) bond motifs is 1. The Morgan fingerprint density at radius 1 is 1.14 bits per heavy atom. The minimum atomic E-state index is -0.311. The van der Waals surface area contributed by atoms with E-state index in [2.05, 4.69) is 0 Å². The highest BCUT2D eigenvalue weighted by molar-refractivity contribution is 6.30. The Morgan fingerprint density at radius 3 is 2.54 bits per heavy atom. The SMILES string of the molecule is CCC(=O)N(CC)C(CC)c1nc2ccccc2c(=O)n1-c1cccc(Cl)c1. The van der Waals surface area contributed by atoms with Crippen molar-refractivity contribution in [3.05, 3.63) is 69.7 Å². The zero-order valence-electron chi connectivity index (χ0n) is 16.4. The van der Waals surface area contributed by atoms with E-state index in [-0.39, 0.29) is 17.5 Å². The van der Waals surface area contributed by atoms with Crippen LogP contribution < -0.4 is 5.56 Å². The van der Waals surface area contributed by atoms with Gasteiger partial charge in [-0.1, -0.05) is 43.6 Å². The molecule has 0 saturated carbocycles. The quantitative estimate of drug-likeness (QED) is 0.603. The Balaban J connectivity index is 2.35. The molecule has 3 aromatic rings. The fourth-order valence-electron chi connectivity index (χ4n) is 3.55. The van der Waals surface area contributed by atoms with Gasteiger partial charge in [-0.05, 0) is 43.7 Å². The zero-order chi connectivity index (χ0) is 20.3. The van der Waals surface area contributed by atoms with Gasteiger partial charge in [-0.15, -0.1) is 0 Å². The molecule has 1 aromatic heterocycles. The van der Waals surface area contributed by atoms with Crippen LogP contribution in [0, 0.1) is 0 Å². The van der Waals surface area contributed by atoms with Crippen molar-refractivity contribution >= 4 is 28.4 Å². The summed E-state index contributed by atoms with van der Waals surface area (Å²) in [4.78, 5) is 32.6. The second-order valence-electron chi connectivity index (χ2n) is 6.56. The molecule has 6 heteroatoms. The monoisotopic (exact) mass is 397 g/mol. The van der Waals surface area contributed by atoms with Crippen LogP contribution in [0.5, 0.6) is 0 Å². The number of amides is 1. The van der Waals surface area contributed by atoms with Gasteiger partial charge in [0.2, 0.25) is 5.91 Å². The van der Waals surface area contributed by atoms with Gasteiger partial charge in [-0.2, -0.15) is 0 Å². The minimum absolute atomic E-state index is 0.0365. The van der Waals surface area contributed by atoms with E-state index in [0.29, 0.717) is 46.8 Å². The maximum absolute atomic E-state index is 13.4. The van der Waals surface area contributed by atoms with Crippen molar-refractivity contribution in [1.29, 1.82) is 0 Å². The molecule has 0 saturated heterocycles. The van der Waals surface area contributed by atoms with Crippen molar-refractivity contribution in [2.45, 2.75) is 39.7 Å². The normalized spacial score (nSPS) is 12.1. The molecule has 1 heterocycles. The third-order valence-corrected chi connectivity index (χ3v) is 5.13. The molecule has 0 bridgehead atoms. The van der Waals surface area contributed by atoms with E-state index in [1.54, 1.807) is 33.7 Å². The molecule has 0 aliphatic heterocycles. The molecule has 1 amide bonds. The second kappa shape index (κ2) is 8.57. The molecular formula is C22H24ClN3O2. The van der Waals surface area contributed by atoms with Crippen molar-refractivity contribution in [2.75, 3.05) is 6.54 Å². The molecule has 0 spiro atoms. The number of halogens is 1. The van der Waals surface area contributed by atoms with Gasteiger partial charge in [0.05, 0.1) is 22.6 Å². The number of carbonyl (C=O) groups excluding carboxylic acids is 1. The number of rotatable bonds is 6. The van der Waals surface area contributed by atoms with Crippen LogP contribution in [0.4, 0.5) is 0 Å². The minimum Gasteiger partial charge on any atom is -0.333 e. The summed E-state index contributed by atoms with van der Waals surface area (Å²) < 4.78 is 1.59. The molecule has 28 heavy (non-hydrogen) atoms. The Labute approximate surface area is 169 Å². The molecule has 0 fully saturated rings. The number of carbonyl (C=O) groups is 1. The smallest absolute Gasteiger partial charge is 0.266 e. The predicted octanol–water partition coefficient (Wildman–Crippen LogP) is 4.75. The fourth-order valence-corrected chi connectivity index (χ4v) is 3.74. The Bertz CT molecular complexity index is 1060. The largest absolute Gasteiger partial charge is 0.333 e. The van der Waals surface area contributed by atoms with Gasteiger partial charge in [-0.25, -0.2) is 4.98 Å². The summed E-state index contributed by atoms with van der Waals surface area (Å²) in [5.74, 6) is 0.589. The molecule has 0 N–H and O–H groups in total. The van der Waals surface area contributed by atoms with Crippen LogP contribution >= 0.6 is 11.6 Å². The van der Waals surface area contributed by atoms with Crippen LogP contribution in [0.25, 0.3) is 16.6 Å². The zero-order valence-corrected chi connectivity index (χ0v) is 17.1. The predicted molar refractivity (Wildman–Crippen MR) is 113 cm³/mol. The molecular weight excluding hydrogens is 374 g/mol. The van der Waals surface area contributed by atoms with Crippen molar-refractivity contribution in [3.63, 3.8) is 0 Å². The molecule has 2 aromatic carbocycles. The summed E-state index contributed by atoms with van der Waals surface area (Å²) in [6.45, 7) is 6.33. The van der Waals surface area contributed by atoms with E-state index in [1.807, 2.05) is 45.0 Å². The number of benzene rings is 2. The second-order valence-corrected chi connectivity index (χ2v) is 7.00. The van der Waals surface area contributed by atoms with Crippen LogP contribution in [0.3, 0.4) is 0 Å². The van der Waals surface area contributed by atoms with E-state index in [9.17, 15) is 9.59 Å². The lowest BCUT2D eigenvalue weighted by molar-refractivity contribution is -0.133.